The van der Waals surface area contributed by atoms with Gasteiger partial charge in [0, 0.05) is 17.4 Å². The fourth-order valence-electron chi connectivity index (χ4n) is 3.54. The van der Waals surface area contributed by atoms with Gasteiger partial charge in [-0.25, -0.2) is 4.68 Å². The predicted octanol–water partition coefficient (Wildman–Crippen LogP) is 4.33. The van der Waals surface area contributed by atoms with E-state index in [1.807, 2.05) is 85.8 Å². The van der Waals surface area contributed by atoms with E-state index in [2.05, 4.69) is 10.4 Å². The Morgan fingerprint density at radius 3 is 2.20 bits per heavy atom. The van der Waals surface area contributed by atoms with Gasteiger partial charge in [-0.05, 0) is 18.6 Å². The molecule has 0 aliphatic carbocycles. The Balaban J connectivity index is 1.58. The van der Waals surface area contributed by atoms with Crippen molar-refractivity contribution in [1.82, 2.24) is 15.1 Å². The summed E-state index contributed by atoms with van der Waals surface area (Å²) in [7, 11) is 0. The maximum absolute atomic E-state index is 12.9. The molecule has 4 rings (SSSR count). The maximum Gasteiger partial charge on any atom is 0.274 e. The molecule has 3 aromatic carbocycles. The summed E-state index contributed by atoms with van der Waals surface area (Å²) in [6.45, 7) is 2.16. The van der Waals surface area contributed by atoms with Crippen LogP contribution >= 0.6 is 0 Å². The third-order valence-electron chi connectivity index (χ3n) is 5.14. The molecule has 150 valence electrons. The minimum Gasteiger partial charge on any atom is -0.350 e. The number of amides is 1. The molecular weight excluding hydrogens is 374 g/mol. The Kier molecular flexibility index (Phi) is 5.70. The lowest BCUT2D eigenvalue weighted by atomic mass is 10.1. The lowest BCUT2D eigenvalue weighted by Gasteiger charge is -2.15. The Morgan fingerprint density at radius 1 is 0.900 bits per heavy atom. The summed E-state index contributed by atoms with van der Waals surface area (Å²) in [5, 5.41) is 9.00. The summed E-state index contributed by atoms with van der Waals surface area (Å²) in [5.74, 6) is -0.116. The summed E-state index contributed by atoms with van der Waals surface area (Å²) in [6, 6.07) is 26.9. The smallest absolute Gasteiger partial charge is 0.274 e. The average molecular weight is 397 g/mol. The van der Waals surface area contributed by atoms with E-state index in [9.17, 15) is 9.59 Å². The van der Waals surface area contributed by atoms with Crippen molar-refractivity contribution in [3.05, 3.63) is 101 Å². The van der Waals surface area contributed by atoms with E-state index in [1.54, 1.807) is 6.07 Å². The molecule has 0 saturated heterocycles. The summed E-state index contributed by atoms with van der Waals surface area (Å²) >= 11 is 0. The van der Waals surface area contributed by atoms with Crippen molar-refractivity contribution < 1.29 is 4.79 Å². The Morgan fingerprint density at radius 2 is 1.50 bits per heavy atom. The highest BCUT2D eigenvalue weighted by Crippen LogP contribution is 2.24. The number of carbonyl (C=O) groups is 1. The number of aromatic nitrogens is 2. The van der Waals surface area contributed by atoms with E-state index in [1.165, 1.54) is 4.68 Å². The van der Waals surface area contributed by atoms with E-state index < -0.39 is 0 Å². The van der Waals surface area contributed by atoms with E-state index in [0.29, 0.717) is 5.39 Å². The molecule has 1 heterocycles. The maximum atomic E-state index is 12.9. The Bertz CT molecular complexity index is 1220. The first kappa shape index (κ1) is 19.6. The number of fused-ring (bicyclic) bond motifs is 1. The second-order valence-corrected chi connectivity index (χ2v) is 7.24. The number of hydrogen-bond acceptors (Lipinski definition) is 3. The van der Waals surface area contributed by atoms with Gasteiger partial charge in [-0.3, -0.25) is 9.59 Å². The number of carbonyl (C=O) groups excluding carboxylic acids is 1. The zero-order chi connectivity index (χ0) is 20.9. The fraction of sp³-hybridized carbons (Fsp3) is 0.160. The molecule has 0 aliphatic rings. The van der Waals surface area contributed by atoms with Crippen molar-refractivity contribution in [2.24, 2.45) is 0 Å². The third kappa shape index (κ3) is 4.15. The van der Waals surface area contributed by atoms with Crippen LogP contribution in [0, 0.1) is 0 Å². The minimum atomic E-state index is -0.186. The monoisotopic (exact) mass is 397 g/mol. The molecule has 1 N–H and O–H groups in total. The van der Waals surface area contributed by atoms with Gasteiger partial charge in [-0.2, -0.15) is 5.10 Å². The molecule has 0 aliphatic heterocycles. The number of rotatable bonds is 6. The zero-order valence-corrected chi connectivity index (χ0v) is 16.8. The number of aryl methyl sites for hydroxylation is 1. The number of nitrogens with one attached hydrogen (secondary N) is 1. The van der Waals surface area contributed by atoms with Gasteiger partial charge in [0.25, 0.3) is 5.56 Å². The molecule has 0 fully saturated rings. The average Bonchev–Trinajstić information content (AvgIpc) is 2.80. The van der Waals surface area contributed by atoms with Crippen molar-refractivity contribution in [3.8, 4) is 11.3 Å². The van der Waals surface area contributed by atoms with Gasteiger partial charge in [-0.15, -0.1) is 0 Å². The normalized spacial score (nSPS) is 11.9. The van der Waals surface area contributed by atoms with Crippen LogP contribution in [0.3, 0.4) is 0 Å². The van der Waals surface area contributed by atoms with Crippen molar-refractivity contribution in [2.45, 2.75) is 25.9 Å². The number of benzene rings is 3. The largest absolute Gasteiger partial charge is 0.350 e. The number of nitrogens with zero attached hydrogens (tertiary/aromatic N) is 2. The van der Waals surface area contributed by atoms with Gasteiger partial charge < -0.3 is 5.32 Å². The van der Waals surface area contributed by atoms with Gasteiger partial charge >= 0.3 is 0 Å². The summed E-state index contributed by atoms with van der Waals surface area (Å²) in [5.41, 5.74) is 2.53. The van der Waals surface area contributed by atoms with Crippen molar-refractivity contribution in [3.63, 3.8) is 0 Å². The van der Waals surface area contributed by atoms with Crippen LogP contribution in [-0.4, -0.2) is 15.7 Å². The molecule has 1 aromatic heterocycles. The van der Waals surface area contributed by atoms with Crippen LogP contribution in [0.25, 0.3) is 22.0 Å². The van der Waals surface area contributed by atoms with Crippen LogP contribution in [0.2, 0.25) is 0 Å². The quantitative estimate of drug-likeness (QED) is 0.527. The molecule has 5 heteroatoms. The molecule has 1 atom stereocenters. The van der Waals surface area contributed by atoms with E-state index in [4.69, 9.17) is 0 Å². The van der Waals surface area contributed by atoms with Crippen LogP contribution in [0.4, 0.5) is 0 Å². The van der Waals surface area contributed by atoms with Crippen molar-refractivity contribution in [2.75, 3.05) is 0 Å². The first-order chi connectivity index (χ1) is 14.6. The zero-order valence-electron chi connectivity index (χ0n) is 16.8. The Hall–Kier alpha value is -3.73. The van der Waals surface area contributed by atoms with Gasteiger partial charge in [0.1, 0.15) is 0 Å². The molecule has 0 unspecified atom stereocenters. The number of hydrogen-bond donors (Lipinski definition) is 1. The molecule has 1 amide bonds. The van der Waals surface area contributed by atoms with E-state index >= 15 is 0 Å². The predicted molar refractivity (Wildman–Crippen MR) is 119 cm³/mol. The topological polar surface area (TPSA) is 64.0 Å². The van der Waals surface area contributed by atoms with E-state index in [-0.39, 0.29) is 30.5 Å². The van der Waals surface area contributed by atoms with Gasteiger partial charge in [0.15, 0.2) is 0 Å². The summed E-state index contributed by atoms with van der Waals surface area (Å²) < 4.78 is 1.40. The first-order valence-corrected chi connectivity index (χ1v) is 10.0. The molecule has 30 heavy (non-hydrogen) atoms. The molecule has 0 radical (unpaired) electrons. The summed E-state index contributed by atoms with van der Waals surface area (Å²) in [6.07, 6.45) is 0.177. The molecule has 0 saturated carbocycles. The first-order valence-electron chi connectivity index (χ1n) is 10.0. The lowest BCUT2D eigenvalue weighted by molar-refractivity contribution is -0.122. The van der Waals surface area contributed by atoms with Crippen molar-refractivity contribution in [1.29, 1.82) is 0 Å². The molecule has 0 bridgehead atoms. The standard InChI is InChI=1S/C25H23N3O2/c1-18(19-10-4-2-5-11-19)26-23(29)16-17-28-25(30)22-15-9-8-14-21(22)24(27-28)20-12-6-3-7-13-20/h2-15,18H,16-17H2,1H3,(H,26,29)/t18-/m1/s1. The van der Waals surface area contributed by atoms with Gasteiger partial charge in [0.2, 0.25) is 5.91 Å². The third-order valence-corrected chi connectivity index (χ3v) is 5.14. The molecule has 5 nitrogen and oxygen atoms in total. The van der Waals surface area contributed by atoms with Crippen molar-refractivity contribution >= 4 is 16.7 Å². The molecular formula is C25H23N3O2. The van der Waals surface area contributed by atoms with Gasteiger partial charge in [-0.1, -0.05) is 78.9 Å². The highest BCUT2D eigenvalue weighted by atomic mass is 16.2. The van der Waals surface area contributed by atoms with Crippen LogP contribution in [0.15, 0.2) is 89.7 Å². The van der Waals surface area contributed by atoms with Crippen LogP contribution < -0.4 is 10.9 Å². The van der Waals surface area contributed by atoms with E-state index in [0.717, 1.165) is 22.2 Å². The highest BCUT2D eigenvalue weighted by Gasteiger charge is 2.14. The van der Waals surface area contributed by atoms with Gasteiger partial charge in [0.05, 0.1) is 23.7 Å². The molecule has 4 aromatic rings. The molecule has 0 spiro atoms. The fourth-order valence-corrected chi connectivity index (χ4v) is 3.54. The Labute approximate surface area is 175 Å². The van der Waals surface area contributed by atoms with Crippen LogP contribution in [0.5, 0.6) is 0 Å². The highest BCUT2D eigenvalue weighted by molar-refractivity contribution is 5.93. The SMILES string of the molecule is C[C@@H](NC(=O)CCn1nc(-c2ccccc2)c2ccccc2c1=O)c1ccccc1. The van der Waals surface area contributed by atoms with Crippen LogP contribution in [0.1, 0.15) is 24.9 Å². The minimum absolute atomic E-state index is 0.0973. The second kappa shape index (κ2) is 8.74. The second-order valence-electron chi connectivity index (χ2n) is 7.24. The summed E-state index contributed by atoms with van der Waals surface area (Å²) in [4.78, 5) is 25.4. The lowest BCUT2D eigenvalue weighted by Crippen LogP contribution is -2.30. The van der Waals surface area contributed by atoms with Crippen LogP contribution in [-0.2, 0) is 11.3 Å².